The number of hydrogen-bond acceptors (Lipinski definition) is 2. The number of aliphatic carboxylic acids is 1. The van der Waals surface area contributed by atoms with E-state index in [0.717, 1.165) is 6.42 Å². The van der Waals surface area contributed by atoms with E-state index in [2.05, 4.69) is 0 Å². The zero-order chi connectivity index (χ0) is 13.1. The van der Waals surface area contributed by atoms with Crippen LogP contribution >= 0.6 is 11.6 Å². The third-order valence-electron chi connectivity index (χ3n) is 3.51. The first-order valence-electron chi connectivity index (χ1n) is 6.08. The molecule has 0 heterocycles. The molecule has 0 saturated heterocycles. The molecule has 3 nitrogen and oxygen atoms in total. The summed E-state index contributed by atoms with van der Waals surface area (Å²) < 4.78 is 0. The van der Waals surface area contributed by atoms with Crippen LogP contribution in [0.15, 0.2) is 24.3 Å². The van der Waals surface area contributed by atoms with E-state index in [-0.39, 0.29) is 17.6 Å². The molecule has 1 fully saturated rings. The summed E-state index contributed by atoms with van der Waals surface area (Å²) in [4.78, 5) is 22.9. The van der Waals surface area contributed by atoms with E-state index >= 15 is 0 Å². The Morgan fingerprint density at radius 3 is 2.72 bits per heavy atom. The lowest BCUT2D eigenvalue weighted by molar-refractivity contribution is -0.141. The predicted octanol–water partition coefficient (Wildman–Crippen LogP) is 3.41. The third kappa shape index (κ3) is 3.10. The molecule has 1 N–H and O–H groups in total. The number of carboxylic acid groups (broad SMARTS) is 1. The lowest BCUT2D eigenvalue weighted by Crippen LogP contribution is -2.11. The monoisotopic (exact) mass is 266 g/mol. The molecule has 2 atom stereocenters. The second-order valence-corrected chi connectivity index (χ2v) is 5.29. The fourth-order valence-electron chi connectivity index (χ4n) is 2.53. The van der Waals surface area contributed by atoms with Crippen LogP contribution in [0.5, 0.6) is 0 Å². The maximum absolute atomic E-state index is 12.0. The van der Waals surface area contributed by atoms with Crippen molar-refractivity contribution < 1.29 is 14.7 Å². The van der Waals surface area contributed by atoms with Crippen molar-refractivity contribution in [3.05, 3.63) is 34.9 Å². The van der Waals surface area contributed by atoms with Crippen LogP contribution < -0.4 is 0 Å². The van der Waals surface area contributed by atoms with Gasteiger partial charge in [0.05, 0.1) is 5.92 Å². The molecule has 96 valence electrons. The average Bonchev–Trinajstić information content (AvgIpc) is 2.77. The van der Waals surface area contributed by atoms with Gasteiger partial charge in [0.25, 0.3) is 0 Å². The molecule has 2 rings (SSSR count). The van der Waals surface area contributed by atoms with Gasteiger partial charge in [-0.15, -0.1) is 0 Å². The van der Waals surface area contributed by atoms with Crippen LogP contribution in [-0.2, 0) is 4.79 Å². The number of carboxylic acids is 1. The van der Waals surface area contributed by atoms with E-state index in [4.69, 9.17) is 16.7 Å². The Morgan fingerprint density at radius 2 is 2.11 bits per heavy atom. The van der Waals surface area contributed by atoms with Crippen molar-refractivity contribution in [2.45, 2.75) is 25.7 Å². The standard InChI is InChI=1S/C14H15ClO3/c15-12-3-1-2-10(8-12)13(16)7-9-4-5-11(6-9)14(17)18/h1-3,8-9,11H,4-7H2,(H,17,18)/t9-,11+/m1/s1. The topological polar surface area (TPSA) is 54.4 Å². The molecule has 1 saturated carbocycles. The average molecular weight is 267 g/mol. The summed E-state index contributed by atoms with van der Waals surface area (Å²) in [6.45, 7) is 0. The van der Waals surface area contributed by atoms with Crippen LogP contribution in [0, 0.1) is 11.8 Å². The predicted molar refractivity (Wildman–Crippen MR) is 68.9 cm³/mol. The molecule has 1 aromatic rings. The number of carbonyl (C=O) groups excluding carboxylic acids is 1. The Labute approximate surface area is 111 Å². The quantitative estimate of drug-likeness (QED) is 0.850. The van der Waals surface area contributed by atoms with Crippen molar-refractivity contribution >= 4 is 23.4 Å². The Balaban J connectivity index is 1.95. The van der Waals surface area contributed by atoms with Crippen LogP contribution in [0.2, 0.25) is 5.02 Å². The van der Waals surface area contributed by atoms with Gasteiger partial charge in [-0.05, 0) is 37.3 Å². The second kappa shape index (κ2) is 5.53. The molecule has 0 radical (unpaired) electrons. The molecular formula is C14H15ClO3. The molecule has 0 aromatic heterocycles. The van der Waals surface area contributed by atoms with Crippen LogP contribution in [0.4, 0.5) is 0 Å². The smallest absolute Gasteiger partial charge is 0.306 e. The summed E-state index contributed by atoms with van der Waals surface area (Å²) in [5.74, 6) is -0.777. The molecule has 0 aliphatic heterocycles. The summed E-state index contributed by atoms with van der Waals surface area (Å²) in [7, 11) is 0. The molecule has 1 aromatic carbocycles. The van der Waals surface area contributed by atoms with Crippen molar-refractivity contribution in [2.24, 2.45) is 11.8 Å². The molecule has 0 bridgehead atoms. The van der Waals surface area contributed by atoms with Crippen molar-refractivity contribution in [2.75, 3.05) is 0 Å². The van der Waals surface area contributed by atoms with Gasteiger partial charge in [0.15, 0.2) is 5.78 Å². The van der Waals surface area contributed by atoms with Gasteiger partial charge in [0.1, 0.15) is 0 Å². The molecular weight excluding hydrogens is 252 g/mol. The summed E-state index contributed by atoms with van der Waals surface area (Å²) >= 11 is 5.84. The van der Waals surface area contributed by atoms with E-state index in [9.17, 15) is 9.59 Å². The van der Waals surface area contributed by atoms with Gasteiger partial charge in [-0.25, -0.2) is 0 Å². The number of Topliss-reactive ketones (excluding diaryl/α,β-unsaturated/α-hetero) is 1. The molecule has 4 heteroatoms. The van der Waals surface area contributed by atoms with Gasteiger partial charge >= 0.3 is 5.97 Å². The maximum Gasteiger partial charge on any atom is 0.306 e. The molecule has 1 aliphatic carbocycles. The van der Waals surface area contributed by atoms with Gasteiger partial charge in [-0.2, -0.15) is 0 Å². The largest absolute Gasteiger partial charge is 0.481 e. The Bertz CT molecular complexity index is 470. The number of carbonyl (C=O) groups is 2. The molecule has 0 unspecified atom stereocenters. The minimum atomic E-state index is -0.743. The number of halogens is 1. The SMILES string of the molecule is O=C(C[C@@H]1CC[C@H](C(=O)O)C1)c1cccc(Cl)c1. The fourth-order valence-corrected chi connectivity index (χ4v) is 2.72. The molecule has 0 spiro atoms. The Kier molecular flexibility index (Phi) is 4.02. The van der Waals surface area contributed by atoms with Crippen LogP contribution in [0.3, 0.4) is 0 Å². The zero-order valence-corrected chi connectivity index (χ0v) is 10.7. The second-order valence-electron chi connectivity index (χ2n) is 4.85. The normalized spacial score (nSPS) is 22.9. The van der Waals surface area contributed by atoms with E-state index in [1.807, 2.05) is 0 Å². The van der Waals surface area contributed by atoms with Gasteiger partial charge in [-0.3, -0.25) is 9.59 Å². The summed E-state index contributed by atoms with van der Waals surface area (Å²) in [6, 6.07) is 6.89. The van der Waals surface area contributed by atoms with Crippen molar-refractivity contribution in [1.29, 1.82) is 0 Å². The van der Waals surface area contributed by atoms with Gasteiger partial charge in [0, 0.05) is 17.0 Å². The minimum absolute atomic E-state index is 0.0496. The lowest BCUT2D eigenvalue weighted by Gasteiger charge is -2.08. The summed E-state index contributed by atoms with van der Waals surface area (Å²) in [5, 5.41) is 9.47. The van der Waals surface area contributed by atoms with E-state index < -0.39 is 5.97 Å². The van der Waals surface area contributed by atoms with Crippen LogP contribution in [0.25, 0.3) is 0 Å². The van der Waals surface area contributed by atoms with Crippen LogP contribution in [0.1, 0.15) is 36.0 Å². The highest BCUT2D eigenvalue weighted by Crippen LogP contribution is 2.34. The highest BCUT2D eigenvalue weighted by molar-refractivity contribution is 6.31. The highest BCUT2D eigenvalue weighted by Gasteiger charge is 2.30. The van der Waals surface area contributed by atoms with Crippen molar-refractivity contribution in [3.8, 4) is 0 Å². The molecule has 18 heavy (non-hydrogen) atoms. The van der Waals surface area contributed by atoms with E-state index in [1.54, 1.807) is 24.3 Å². The van der Waals surface area contributed by atoms with Gasteiger partial charge < -0.3 is 5.11 Å². The Morgan fingerprint density at radius 1 is 1.33 bits per heavy atom. The third-order valence-corrected chi connectivity index (χ3v) is 3.75. The van der Waals surface area contributed by atoms with E-state index in [0.29, 0.717) is 29.8 Å². The minimum Gasteiger partial charge on any atom is -0.481 e. The number of benzene rings is 1. The zero-order valence-electron chi connectivity index (χ0n) is 9.93. The Hall–Kier alpha value is -1.35. The maximum atomic E-state index is 12.0. The van der Waals surface area contributed by atoms with Gasteiger partial charge in [-0.1, -0.05) is 23.7 Å². The fraction of sp³-hybridized carbons (Fsp3) is 0.429. The number of hydrogen-bond donors (Lipinski definition) is 1. The van der Waals surface area contributed by atoms with E-state index in [1.165, 1.54) is 0 Å². The first-order valence-corrected chi connectivity index (χ1v) is 6.45. The summed E-state index contributed by atoms with van der Waals surface area (Å²) in [5.41, 5.74) is 0.612. The van der Waals surface area contributed by atoms with Crippen molar-refractivity contribution in [3.63, 3.8) is 0 Å². The van der Waals surface area contributed by atoms with Crippen LogP contribution in [-0.4, -0.2) is 16.9 Å². The lowest BCUT2D eigenvalue weighted by atomic mass is 9.96. The first-order chi connectivity index (χ1) is 8.56. The molecule has 0 amide bonds. The molecule has 1 aliphatic rings. The van der Waals surface area contributed by atoms with Crippen molar-refractivity contribution in [1.82, 2.24) is 0 Å². The summed E-state index contributed by atoms with van der Waals surface area (Å²) in [6.07, 6.45) is 2.54. The number of rotatable bonds is 4. The highest BCUT2D eigenvalue weighted by atomic mass is 35.5. The van der Waals surface area contributed by atoms with Gasteiger partial charge in [0.2, 0.25) is 0 Å². The number of ketones is 1. The first kappa shape index (κ1) is 13.1.